The Kier molecular flexibility index (Phi) is 4.81. The Hall–Kier alpha value is -0.650. The van der Waals surface area contributed by atoms with Gasteiger partial charge in [-0.2, -0.15) is 11.8 Å². The van der Waals surface area contributed by atoms with Crippen LogP contribution < -0.4 is 5.73 Å². The predicted molar refractivity (Wildman–Crippen MR) is 86.5 cm³/mol. The van der Waals surface area contributed by atoms with Crippen LogP contribution in [0.3, 0.4) is 0 Å². The molecule has 1 saturated heterocycles. The van der Waals surface area contributed by atoms with Crippen LogP contribution in [0.15, 0.2) is 18.2 Å². The molecule has 0 bridgehead atoms. The van der Waals surface area contributed by atoms with Gasteiger partial charge in [-0.3, -0.25) is 9.88 Å². The van der Waals surface area contributed by atoms with E-state index in [-0.39, 0.29) is 4.75 Å². The second kappa shape index (κ2) is 6.20. The van der Waals surface area contributed by atoms with Gasteiger partial charge in [0, 0.05) is 25.3 Å². The zero-order valence-corrected chi connectivity index (χ0v) is 13.2. The number of hydrogen-bond acceptors (Lipinski definition) is 4. The summed E-state index contributed by atoms with van der Waals surface area (Å²) in [7, 11) is 0. The second-order valence-electron chi connectivity index (χ2n) is 5.11. The van der Waals surface area contributed by atoms with Gasteiger partial charge in [0.2, 0.25) is 0 Å². The highest BCUT2D eigenvalue weighted by Crippen LogP contribution is 2.35. The lowest BCUT2D eigenvalue weighted by Gasteiger charge is -2.39. The molecule has 0 radical (unpaired) electrons. The fourth-order valence-electron chi connectivity index (χ4n) is 2.54. The van der Waals surface area contributed by atoms with E-state index in [0.29, 0.717) is 4.99 Å². The highest BCUT2D eigenvalue weighted by molar-refractivity contribution is 8.02. The molecule has 2 rings (SSSR count). The number of hydrogen-bond donors (Lipinski definition) is 1. The number of pyridine rings is 1. The normalized spacial score (nSPS) is 19.3. The number of thiocarbonyl (C=S) groups is 1. The van der Waals surface area contributed by atoms with E-state index in [2.05, 4.69) is 28.3 Å². The molecule has 0 spiro atoms. The summed E-state index contributed by atoms with van der Waals surface area (Å²) >= 11 is 7.04. The third kappa shape index (κ3) is 3.46. The fourth-order valence-corrected chi connectivity index (χ4v) is 3.79. The molecule has 0 unspecified atom stereocenters. The summed E-state index contributed by atoms with van der Waals surface area (Å²) in [5.74, 6) is 0. The van der Waals surface area contributed by atoms with Crippen molar-refractivity contribution in [2.45, 2.75) is 31.1 Å². The van der Waals surface area contributed by atoms with Crippen molar-refractivity contribution < 1.29 is 0 Å². The molecule has 0 aliphatic carbocycles. The van der Waals surface area contributed by atoms with Gasteiger partial charge in [0.1, 0.15) is 0 Å². The number of piperidine rings is 1. The first kappa shape index (κ1) is 14.8. The van der Waals surface area contributed by atoms with E-state index >= 15 is 0 Å². The number of aryl methyl sites for hydroxylation is 1. The molecule has 1 aliphatic rings. The van der Waals surface area contributed by atoms with Crippen LogP contribution in [0.2, 0.25) is 0 Å². The zero-order chi connectivity index (χ0) is 13.9. The Labute approximate surface area is 125 Å². The Bertz CT molecular complexity index is 454. The Morgan fingerprint density at radius 3 is 2.68 bits per heavy atom. The smallest absolute Gasteiger partial charge is 0.0891 e. The van der Waals surface area contributed by atoms with Gasteiger partial charge in [-0.25, -0.2) is 0 Å². The van der Waals surface area contributed by atoms with Gasteiger partial charge in [-0.1, -0.05) is 18.3 Å². The number of aromatic nitrogens is 1. The molecule has 2 N–H and O–H groups in total. The van der Waals surface area contributed by atoms with Gasteiger partial charge >= 0.3 is 0 Å². The molecule has 5 heteroatoms. The SMILES string of the molecule is CSC1(C(N)=S)CCN(Cc2cccc(C)n2)CC1. The van der Waals surface area contributed by atoms with Gasteiger partial charge in [0.25, 0.3) is 0 Å². The first-order valence-corrected chi connectivity index (χ1v) is 8.19. The van der Waals surface area contributed by atoms with E-state index in [1.165, 1.54) is 0 Å². The van der Waals surface area contributed by atoms with Crippen LogP contribution in [0, 0.1) is 6.92 Å². The largest absolute Gasteiger partial charge is 0.392 e. The minimum absolute atomic E-state index is 0.00582. The van der Waals surface area contributed by atoms with E-state index in [1.54, 1.807) is 11.8 Å². The van der Waals surface area contributed by atoms with E-state index in [1.807, 2.05) is 13.0 Å². The average Bonchev–Trinajstić information content (AvgIpc) is 2.39. The maximum absolute atomic E-state index is 5.91. The molecule has 0 amide bonds. The summed E-state index contributed by atoms with van der Waals surface area (Å²) in [6, 6.07) is 6.20. The first-order valence-electron chi connectivity index (χ1n) is 6.56. The van der Waals surface area contributed by atoms with Gasteiger partial charge in [-0.15, -0.1) is 0 Å². The minimum atomic E-state index is 0.00582. The number of likely N-dealkylation sites (tertiary alicyclic amines) is 1. The van der Waals surface area contributed by atoms with E-state index in [0.717, 1.165) is 43.9 Å². The van der Waals surface area contributed by atoms with Gasteiger partial charge in [0.05, 0.1) is 15.4 Å². The van der Waals surface area contributed by atoms with Gasteiger partial charge in [0.15, 0.2) is 0 Å². The van der Waals surface area contributed by atoms with Crippen LogP contribution in [0.4, 0.5) is 0 Å². The molecular formula is C14H21N3S2. The maximum Gasteiger partial charge on any atom is 0.0891 e. The third-order valence-corrected chi connectivity index (χ3v) is 5.76. The molecule has 0 aromatic carbocycles. The molecule has 1 aromatic rings. The Morgan fingerprint density at radius 1 is 1.47 bits per heavy atom. The number of nitrogens with two attached hydrogens (primary N) is 1. The van der Waals surface area contributed by atoms with Crippen LogP contribution in [-0.4, -0.2) is 39.0 Å². The van der Waals surface area contributed by atoms with Crippen LogP contribution >= 0.6 is 24.0 Å². The monoisotopic (exact) mass is 295 g/mol. The highest BCUT2D eigenvalue weighted by atomic mass is 32.2. The number of thioether (sulfide) groups is 1. The fraction of sp³-hybridized carbons (Fsp3) is 0.571. The molecule has 1 fully saturated rings. The first-order chi connectivity index (χ1) is 9.05. The summed E-state index contributed by atoms with van der Waals surface area (Å²) in [6.07, 6.45) is 4.18. The summed E-state index contributed by atoms with van der Waals surface area (Å²) < 4.78 is 0.00582. The van der Waals surface area contributed by atoms with E-state index < -0.39 is 0 Å². The van der Waals surface area contributed by atoms with E-state index in [9.17, 15) is 0 Å². The van der Waals surface area contributed by atoms with Crippen molar-refractivity contribution in [3.05, 3.63) is 29.6 Å². The van der Waals surface area contributed by atoms with Crippen molar-refractivity contribution in [3.63, 3.8) is 0 Å². The zero-order valence-electron chi connectivity index (χ0n) is 11.6. The van der Waals surface area contributed by atoms with Crippen molar-refractivity contribution in [1.82, 2.24) is 9.88 Å². The summed E-state index contributed by atoms with van der Waals surface area (Å²) in [4.78, 5) is 7.66. The molecular weight excluding hydrogens is 274 g/mol. The molecule has 104 valence electrons. The molecule has 1 aliphatic heterocycles. The topological polar surface area (TPSA) is 42.1 Å². The van der Waals surface area contributed by atoms with Crippen molar-refractivity contribution >= 4 is 29.0 Å². The minimum Gasteiger partial charge on any atom is -0.392 e. The standard InChI is InChI=1S/C14H21N3S2/c1-11-4-3-5-12(16-11)10-17-8-6-14(19-2,7-9-17)13(15)18/h3-5H,6-10H2,1-2H3,(H2,15,18). The lowest BCUT2D eigenvalue weighted by Crippen LogP contribution is -2.49. The van der Waals surface area contributed by atoms with Crippen LogP contribution in [0.5, 0.6) is 0 Å². The highest BCUT2D eigenvalue weighted by Gasteiger charge is 2.36. The van der Waals surface area contributed by atoms with Crippen molar-refractivity contribution in [3.8, 4) is 0 Å². The summed E-state index contributed by atoms with van der Waals surface area (Å²) in [5, 5.41) is 0. The molecule has 0 atom stereocenters. The Morgan fingerprint density at radius 2 is 2.16 bits per heavy atom. The molecule has 2 heterocycles. The van der Waals surface area contributed by atoms with Crippen molar-refractivity contribution in [2.24, 2.45) is 5.73 Å². The predicted octanol–water partition coefficient (Wildman–Crippen LogP) is 2.37. The summed E-state index contributed by atoms with van der Waals surface area (Å²) in [5.41, 5.74) is 8.14. The maximum atomic E-state index is 5.91. The third-order valence-electron chi connectivity index (χ3n) is 3.84. The number of rotatable bonds is 4. The lowest BCUT2D eigenvalue weighted by molar-refractivity contribution is 0.210. The van der Waals surface area contributed by atoms with E-state index in [4.69, 9.17) is 18.0 Å². The average molecular weight is 295 g/mol. The van der Waals surface area contributed by atoms with Crippen LogP contribution in [0.1, 0.15) is 24.2 Å². The molecule has 3 nitrogen and oxygen atoms in total. The molecule has 19 heavy (non-hydrogen) atoms. The molecule has 0 saturated carbocycles. The van der Waals surface area contributed by atoms with Crippen molar-refractivity contribution in [1.29, 1.82) is 0 Å². The molecule has 1 aromatic heterocycles. The Balaban J connectivity index is 1.95. The summed E-state index contributed by atoms with van der Waals surface area (Å²) in [6.45, 7) is 5.02. The second-order valence-corrected chi connectivity index (χ2v) is 6.74. The van der Waals surface area contributed by atoms with Crippen LogP contribution in [-0.2, 0) is 6.54 Å². The lowest BCUT2D eigenvalue weighted by atomic mass is 9.95. The number of nitrogens with zero attached hydrogens (tertiary/aromatic N) is 2. The van der Waals surface area contributed by atoms with Crippen LogP contribution in [0.25, 0.3) is 0 Å². The van der Waals surface area contributed by atoms with Crippen molar-refractivity contribution in [2.75, 3.05) is 19.3 Å². The van der Waals surface area contributed by atoms with Gasteiger partial charge in [-0.05, 0) is 38.2 Å². The van der Waals surface area contributed by atoms with Gasteiger partial charge < -0.3 is 5.73 Å². The quantitative estimate of drug-likeness (QED) is 0.864.